The highest BCUT2D eigenvalue weighted by Gasteiger charge is 2.24. The Balaban J connectivity index is 1.65. The van der Waals surface area contributed by atoms with Crippen LogP contribution in [0.1, 0.15) is 18.9 Å². The summed E-state index contributed by atoms with van der Waals surface area (Å²) in [4.78, 5) is 15.0. The third kappa shape index (κ3) is 4.93. The van der Waals surface area contributed by atoms with Crippen LogP contribution in [0.5, 0.6) is 0 Å². The van der Waals surface area contributed by atoms with Crippen LogP contribution >= 0.6 is 0 Å². The SMILES string of the molecule is CC(C(=O)Nc1cccc(S(=O)(=O)N(C)C)c1)N1CC=C(c2ccccc2)CC1. The maximum atomic E-state index is 12.7. The summed E-state index contributed by atoms with van der Waals surface area (Å²) in [5.41, 5.74) is 3.00. The molecule has 0 aromatic heterocycles. The number of carbonyl (C=O) groups is 1. The zero-order chi connectivity index (χ0) is 21.0. The number of hydrogen-bond donors (Lipinski definition) is 1. The summed E-state index contributed by atoms with van der Waals surface area (Å²) in [5, 5.41) is 2.85. The highest BCUT2D eigenvalue weighted by Crippen LogP contribution is 2.24. The minimum atomic E-state index is -3.54. The number of anilines is 1. The van der Waals surface area contributed by atoms with E-state index in [1.54, 1.807) is 12.1 Å². The number of carbonyl (C=O) groups excluding carboxylic acids is 1. The summed E-state index contributed by atoms with van der Waals surface area (Å²) in [6.07, 6.45) is 3.06. The standard InChI is InChI=1S/C22H27N3O3S/c1-17(25-14-12-19(13-15-25)18-8-5-4-6-9-18)22(26)23-20-10-7-11-21(16-20)29(27,28)24(2)3/h4-12,16-17H,13-15H2,1-3H3,(H,23,26). The second-order valence-electron chi connectivity index (χ2n) is 7.32. The van der Waals surface area contributed by atoms with Crippen LogP contribution in [0.2, 0.25) is 0 Å². The molecule has 0 spiro atoms. The maximum Gasteiger partial charge on any atom is 0.242 e. The fourth-order valence-corrected chi connectivity index (χ4v) is 4.26. The summed E-state index contributed by atoms with van der Waals surface area (Å²) in [7, 11) is -0.580. The fourth-order valence-electron chi connectivity index (χ4n) is 3.31. The van der Waals surface area contributed by atoms with Crippen LogP contribution < -0.4 is 5.32 Å². The van der Waals surface area contributed by atoms with Crippen molar-refractivity contribution >= 4 is 27.2 Å². The molecule has 0 fully saturated rings. The average molecular weight is 414 g/mol. The molecule has 1 aliphatic heterocycles. The Bertz CT molecular complexity index is 1000. The summed E-state index contributed by atoms with van der Waals surface area (Å²) in [6.45, 7) is 3.37. The largest absolute Gasteiger partial charge is 0.325 e. The van der Waals surface area contributed by atoms with Crippen LogP contribution in [0, 0.1) is 0 Å². The van der Waals surface area contributed by atoms with E-state index in [9.17, 15) is 13.2 Å². The Hall–Kier alpha value is -2.48. The molecule has 7 heteroatoms. The molecule has 2 aromatic rings. The molecule has 154 valence electrons. The molecule has 2 aromatic carbocycles. The van der Waals surface area contributed by atoms with Crippen molar-refractivity contribution in [2.75, 3.05) is 32.5 Å². The average Bonchev–Trinajstić information content (AvgIpc) is 2.74. The molecule has 1 amide bonds. The van der Waals surface area contributed by atoms with E-state index in [0.717, 1.165) is 17.3 Å². The van der Waals surface area contributed by atoms with Crippen LogP contribution in [-0.2, 0) is 14.8 Å². The second kappa shape index (κ2) is 8.90. The van der Waals surface area contributed by atoms with Gasteiger partial charge < -0.3 is 5.32 Å². The number of amides is 1. The highest BCUT2D eigenvalue weighted by molar-refractivity contribution is 7.89. The van der Waals surface area contributed by atoms with Crippen LogP contribution in [0.15, 0.2) is 65.6 Å². The number of benzene rings is 2. The predicted octanol–water partition coefficient (Wildman–Crippen LogP) is 3.05. The van der Waals surface area contributed by atoms with Gasteiger partial charge in [0.25, 0.3) is 0 Å². The molecule has 29 heavy (non-hydrogen) atoms. The lowest BCUT2D eigenvalue weighted by Crippen LogP contribution is -2.44. The Morgan fingerprint density at radius 3 is 2.45 bits per heavy atom. The zero-order valence-electron chi connectivity index (χ0n) is 17.0. The van der Waals surface area contributed by atoms with E-state index in [4.69, 9.17) is 0 Å². The molecule has 1 atom stereocenters. The fraction of sp³-hybridized carbons (Fsp3) is 0.318. The van der Waals surface area contributed by atoms with Gasteiger partial charge in [-0.3, -0.25) is 9.69 Å². The Labute approximate surface area is 172 Å². The molecule has 3 rings (SSSR count). The Morgan fingerprint density at radius 1 is 1.10 bits per heavy atom. The van der Waals surface area contributed by atoms with Crippen LogP contribution in [0.25, 0.3) is 5.57 Å². The number of nitrogens with zero attached hydrogens (tertiary/aromatic N) is 2. The van der Waals surface area contributed by atoms with Crippen molar-refractivity contribution < 1.29 is 13.2 Å². The predicted molar refractivity (Wildman–Crippen MR) is 116 cm³/mol. The molecule has 0 bridgehead atoms. The van der Waals surface area contributed by atoms with Crippen molar-refractivity contribution in [3.63, 3.8) is 0 Å². The van der Waals surface area contributed by atoms with Gasteiger partial charge in [-0.15, -0.1) is 0 Å². The van der Waals surface area contributed by atoms with Gasteiger partial charge in [-0.1, -0.05) is 42.5 Å². The summed E-state index contributed by atoms with van der Waals surface area (Å²) in [6, 6.07) is 16.3. The summed E-state index contributed by atoms with van der Waals surface area (Å²) < 4.78 is 25.7. The van der Waals surface area contributed by atoms with Gasteiger partial charge in [0.2, 0.25) is 15.9 Å². The number of sulfonamides is 1. The molecular formula is C22H27N3O3S. The monoisotopic (exact) mass is 413 g/mol. The van der Waals surface area contributed by atoms with Crippen molar-refractivity contribution in [3.05, 3.63) is 66.2 Å². The van der Waals surface area contributed by atoms with Gasteiger partial charge in [0.05, 0.1) is 10.9 Å². The van der Waals surface area contributed by atoms with E-state index in [0.29, 0.717) is 12.2 Å². The van der Waals surface area contributed by atoms with Crippen molar-refractivity contribution in [3.8, 4) is 0 Å². The lowest BCUT2D eigenvalue weighted by atomic mass is 9.99. The Kier molecular flexibility index (Phi) is 6.52. The van der Waals surface area contributed by atoms with E-state index in [-0.39, 0.29) is 16.8 Å². The molecule has 1 N–H and O–H groups in total. The van der Waals surface area contributed by atoms with Gasteiger partial charge in [0, 0.05) is 32.9 Å². The molecule has 1 unspecified atom stereocenters. The first kappa shape index (κ1) is 21.2. The van der Waals surface area contributed by atoms with Crippen molar-refractivity contribution in [1.82, 2.24) is 9.21 Å². The third-order valence-corrected chi connectivity index (χ3v) is 7.00. The van der Waals surface area contributed by atoms with Crippen LogP contribution in [-0.4, -0.2) is 56.8 Å². The molecular weight excluding hydrogens is 386 g/mol. The molecule has 0 aliphatic carbocycles. The van der Waals surface area contributed by atoms with Crippen molar-refractivity contribution in [2.24, 2.45) is 0 Å². The molecule has 6 nitrogen and oxygen atoms in total. The first-order valence-corrected chi connectivity index (χ1v) is 11.0. The lowest BCUT2D eigenvalue weighted by Gasteiger charge is -2.31. The van der Waals surface area contributed by atoms with Crippen LogP contribution in [0.4, 0.5) is 5.69 Å². The van der Waals surface area contributed by atoms with Gasteiger partial charge >= 0.3 is 0 Å². The van der Waals surface area contributed by atoms with E-state index >= 15 is 0 Å². The van der Waals surface area contributed by atoms with Gasteiger partial charge in [0.15, 0.2) is 0 Å². The lowest BCUT2D eigenvalue weighted by molar-refractivity contribution is -0.120. The minimum absolute atomic E-state index is 0.152. The van der Waals surface area contributed by atoms with Gasteiger partial charge in [-0.2, -0.15) is 0 Å². The first-order valence-electron chi connectivity index (χ1n) is 9.61. The molecule has 0 saturated carbocycles. The van der Waals surface area contributed by atoms with Gasteiger partial charge in [-0.25, -0.2) is 12.7 Å². The van der Waals surface area contributed by atoms with Crippen molar-refractivity contribution in [1.29, 1.82) is 0 Å². The zero-order valence-corrected chi connectivity index (χ0v) is 17.8. The van der Waals surface area contributed by atoms with Gasteiger partial charge in [-0.05, 0) is 42.7 Å². The van der Waals surface area contributed by atoms with Crippen molar-refractivity contribution in [2.45, 2.75) is 24.3 Å². The highest BCUT2D eigenvalue weighted by atomic mass is 32.2. The quantitative estimate of drug-likeness (QED) is 0.790. The number of rotatable bonds is 6. The minimum Gasteiger partial charge on any atom is -0.325 e. The smallest absolute Gasteiger partial charge is 0.242 e. The maximum absolute atomic E-state index is 12.7. The Morgan fingerprint density at radius 2 is 1.83 bits per heavy atom. The second-order valence-corrected chi connectivity index (χ2v) is 9.47. The van der Waals surface area contributed by atoms with E-state index < -0.39 is 10.0 Å². The molecule has 1 heterocycles. The van der Waals surface area contributed by atoms with E-state index in [2.05, 4.69) is 28.4 Å². The molecule has 0 saturated heterocycles. The summed E-state index contributed by atoms with van der Waals surface area (Å²) in [5.74, 6) is -0.152. The normalized spacial score (nSPS) is 16.3. The summed E-state index contributed by atoms with van der Waals surface area (Å²) >= 11 is 0. The molecule has 0 radical (unpaired) electrons. The van der Waals surface area contributed by atoms with E-state index in [1.807, 2.05) is 25.1 Å². The van der Waals surface area contributed by atoms with Gasteiger partial charge in [0.1, 0.15) is 0 Å². The molecule has 1 aliphatic rings. The number of hydrogen-bond acceptors (Lipinski definition) is 4. The third-order valence-electron chi connectivity index (χ3n) is 5.19. The first-order chi connectivity index (χ1) is 13.8. The topological polar surface area (TPSA) is 69.7 Å². The number of nitrogens with one attached hydrogen (secondary N) is 1. The van der Waals surface area contributed by atoms with E-state index in [1.165, 1.54) is 37.4 Å². The van der Waals surface area contributed by atoms with Crippen LogP contribution in [0.3, 0.4) is 0 Å².